The van der Waals surface area contributed by atoms with Gasteiger partial charge in [-0.2, -0.15) is 0 Å². The third-order valence-electron chi connectivity index (χ3n) is 4.08. The SMILES string of the molecule is CC(Nc1cc(C(=O)NCc2ccccc2Cl)ccn1)c1ccccc1. The van der Waals surface area contributed by atoms with Gasteiger partial charge >= 0.3 is 0 Å². The molecule has 2 aromatic carbocycles. The average Bonchev–Trinajstić information content (AvgIpc) is 2.68. The molecule has 4 nitrogen and oxygen atoms in total. The molecule has 0 aliphatic heterocycles. The van der Waals surface area contributed by atoms with Crippen molar-refractivity contribution in [3.63, 3.8) is 0 Å². The summed E-state index contributed by atoms with van der Waals surface area (Å²) in [5.74, 6) is 0.495. The maximum absolute atomic E-state index is 12.4. The Balaban J connectivity index is 1.65. The van der Waals surface area contributed by atoms with Crippen molar-refractivity contribution in [2.75, 3.05) is 5.32 Å². The van der Waals surface area contributed by atoms with Crippen molar-refractivity contribution in [1.29, 1.82) is 0 Å². The molecular weight excluding hydrogens is 346 g/mol. The topological polar surface area (TPSA) is 54.0 Å². The molecule has 0 aliphatic rings. The maximum Gasteiger partial charge on any atom is 0.251 e. The maximum atomic E-state index is 12.4. The molecule has 3 aromatic rings. The highest BCUT2D eigenvalue weighted by atomic mass is 35.5. The third-order valence-corrected chi connectivity index (χ3v) is 4.45. The number of rotatable bonds is 6. The van der Waals surface area contributed by atoms with E-state index in [0.717, 1.165) is 11.1 Å². The van der Waals surface area contributed by atoms with Crippen molar-refractivity contribution in [2.45, 2.75) is 19.5 Å². The fourth-order valence-electron chi connectivity index (χ4n) is 2.62. The van der Waals surface area contributed by atoms with Crippen LogP contribution in [-0.4, -0.2) is 10.9 Å². The molecular formula is C21H20ClN3O. The smallest absolute Gasteiger partial charge is 0.251 e. The lowest BCUT2D eigenvalue weighted by molar-refractivity contribution is 0.0951. The van der Waals surface area contributed by atoms with Crippen LogP contribution in [0.25, 0.3) is 0 Å². The second-order valence-corrected chi connectivity index (χ2v) is 6.39. The molecule has 0 aliphatic carbocycles. The molecule has 0 bridgehead atoms. The van der Waals surface area contributed by atoms with Crippen LogP contribution in [0.15, 0.2) is 72.9 Å². The van der Waals surface area contributed by atoms with E-state index in [9.17, 15) is 4.79 Å². The summed E-state index contributed by atoms with van der Waals surface area (Å²) in [6.07, 6.45) is 1.63. The van der Waals surface area contributed by atoms with Crippen molar-refractivity contribution < 1.29 is 4.79 Å². The van der Waals surface area contributed by atoms with Gasteiger partial charge in [-0.25, -0.2) is 4.98 Å². The first-order valence-electron chi connectivity index (χ1n) is 8.42. The Morgan fingerprint density at radius 1 is 1.08 bits per heavy atom. The van der Waals surface area contributed by atoms with Gasteiger partial charge in [0.05, 0.1) is 0 Å². The Labute approximate surface area is 158 Å². The number of hydrogen-bond acceptors (Lipinski definition) is 3. The van der Waals surface area contributed by atoms with E-state index < -0.39 is 0 Å². The van der Waals surface area contributed by atoms with Crippen LogP contribution in [0.3, 0.4) is 0 Å². The highest BCUT2D eigenvalue weighted by molar-refractivity contribution is 6.31. The molecule has 1 aromatic heterocycles. The predicted octanol–water partition coefficient (Wildman–Crippen LogP) is 4.84. The summed E-state index contributed by atoms with van der Waals surface area (Å²) in [4.78, 5) is 16.7. The second-order valence-electron chi connectivity index (χ2n) is 5.98. The Morgan fingerprint density at radius 2 is 1.81 bits per heavy atom. The fourth-order valence-corrected chi connectivity index (χ4v) is 2.82. The van der Waals surface area contributed by atoms with Gasteiger partial charge in [0.25, 0.3) is 5.91 Å². The van der Waals surface area contributed by atoms with Gasteiger partial charge in [-0.05, 0) is 36.2 Å². The van der Waals surface area contributed by atoms with Gasteiger partial charge in [0.2, 0.25) is 0 Å². The van der Waals surface area contributed by atoms with E-state index in [1.165, 1.54) is 0 Å². The van der Waals surface area contributed by atoms with Crippen molar-refractivity contribution >= 4 is 23.3 Å². The summed E-state index contributed by atoms with van der Waals surface area (Å²) in [6.45, 7) is 2.44. The quantitative estimate of drug-likeness (QED) is 0.657. The molecule has 0 radical (unpaired) electrons. The summed E-state index contributed by atoms with van der Waals surface area (Å²) in [5.41, 5.74) is 2.59. The van der Waals surface area contributed by atoms with Crippen LogP contribution < -0.4 is 10.6 Å². The molecule has 5 heteroatoms. The summed E-state index contributed by atoms with van der Waals surface area (Å²) in [5, 5.41) is 6.85. The lowest BCUT2D eigenvalue weighted by atomic mass is 10.1. The highest BCUT2D eigenvalue weighted by Crippen LogP contribution is 2.18. The summed E-state index contributed by atoms with van der Waals surface area (Å²) in [6, 6.07) is 21.1. The predicted molar refractivity (Wildman–Crippen MR) is 105 cm³/mol. The molecule has 1 unspecified atom stereocenters. The van der Waals surface area contributed by atoms with Crippen LogP contribution in [-0.2, 0) is 6.54 Å². The van der Waals surface area contributed by atoms with E-state index in [1.807, 2.05) is 42.5 Å². The normalized spacial score (nSPS) is 11.6. The van der Waals surface area contributed by atoms with Crippen molar-refractivity contribution in [3.05, 3.63) is 94.6 Å². The monoisotopic (exact) mass is 365 g/mol. The van der Waals surface area contributed by atoms with E-state index in [1.54, 1.807) is 18.3 Å². The van der Waals surface area contributed by atoms with Gasteiger partial charge in [0, 0.05) is 29.4 Å². The molecule has 1 heterocycles. The number of carbonyl (C=O) groups is 1. The fraction of sp³-hybridized carbons (Fsp3) is 0.143. The molecule has 0 fully saturated rings. The first-order valence-corrected chi connectivity index (χ1v) is 8.80. The van der Waals surface area contributed by atoms with Crippen LogP contribution >= 0.6 is 11.6 Å². The lowest BCUT2D eigenvalue weighted by Gasteiger charge is -2.15. The Hall–Kier alpha value is -2.85. The lowest BCUT2D eigenvalue weighted by Crippen LogP contribution is -2.23. The molecule has 1 atom stereocenters. The molecule has 0 saturated carbocycles. The molecule has 0 saturated heterocycles. The number of benzene rings is 2. The molecule has 26 heavy (non-hydrogen) atoms. The molecule has 3 rings (SSSR count). The van der Waals surface area contributed by atoms with Crippen molar-refractivity contribution in [1.82, 2.24) is 10.3 Å². The van der Waals surface area contributed by atoms with Gasteiger partial charge in [-0.15, -0.1) is 0 Å². The zero-order chi connectivity index (χ0) is 18.4. The van der Waals surface area contributed by atoms with Crippen LogP contribution in [0, 0.1) is 0 Å². The van der Waals surface area contributed by atoms with Crippen LogP contribution in [0.5, 0.6) is 0 Å². The highest BCUT2D eigenvalue weighted by Gasteiger charge is 2.10. The number of carbonyl (C=O) groups excluding carboxylic acids is 1. The average molecular weight is 366 g/mol. The van der Waals surface area contributed by atoms with Crippen molar-refractivity contribution in [3.8, 4) is 0 Å². The van der Waals surface area contributed by atoms with Crippen LogP contribution in [0.1, 0.15) is 34.5 Å². The minimum atomic E-state index is -0.164. The Kier molecular flexibility index (Phi) is 5.87. The Bertz CT molecular complexity index is 883. The number of nitrogens with zero attached hydrogens (tertiary/aromatic N) is 1. The number of pyridine rings is 1. The number of anilines is 1. The van der Waals surface area contributed by atoms with Gasteiger partial charge < -0.3 is 10.6 Å². The zero-order valence-corrected chi connectivity index (χ0v) is 15.2. The van der Waals surface area contributed by atoms with Crippen LogP contribution in [0.4, 0.5) is 5.82 Å². The molecule has 132 valence electrons. The second kappa shape index (κ2) is 8.50. The number of amides is 1. The number of aromatic nitrogens is 1. The van der Waals surface area contributed by atoms with Gasteiger partial charge in [0.1, 0.15) is 5.82 Å². The van der Waals surface area contributed by atoms with Crippen LogP contribution in [0.2, 0.25) is 5.02 Å². The minimum absolute atomic E-state index is 0.0881. The minimum Gasteiger partial charge on any atom is -0.364 e. The third kappa shape index (κ3) is 4.61. The molecule has 1 amide bonds. The molecule has 2 N–H and O–H groups in total. The first kappa shape index (κ1) is 18.0. The number of hydrogen-bond donors (Lipinski definition) is 2. The van der Waals surface area contributed by atoms with E-state index in [4.69, 9.17) is 11.6 Å². The molecule has 0 spiro atoms. The van der Waals surface area contributed by atoms with Crippen molar-refractivity contribution in [2.24, 2.45) is 0 Å². The van der Waals surface area contributed by atoms with Gasteiger partial charge in [-0.3, -0.25) is 4.79 Å². The first-order chi connectivity index (χ1) is 12.6. The zero-order valence-electron chi connectivity index (χ0n) is 14.4. The summed E-state index contributed by atoms with van der Waals surface area (Å²) >= 11 is 6.12. The van der Waals surface area contributed by atoms with Gasteiger partial charge in [-0.1, -0.05) is 60.1 Å². The Morgan fingerprint density at radius 3 is 2.58 bits per heavy atom. The number of nitrogens with one attached hydrogen (secondary N) is 2. The van der Waals surface area contributed by atoms with E-state index in [0.29, 0.717) is 22.9 Å². The van der Waals surface area contributed by atoms with E-state index in [-0.39, 0.29) is 11.9 Å². The van der Waals surface area contributed by atoms with E-state index in [2.05, 4.69) is 34.7 Å². The largest absolute Gasteiger partial charge is 0.364 e. The van der Waals surface area contributed by atoms with Gasteiger partial charge in [0.15, 0.2) is 0 Å². The summed E-state index contributed by atoms with van der Waals surface area (Å²) in [7, 11) is 0. The summed E-state index contributed by atoms with van der Waals surface area (Å²) < 4.78 is 0. The van der Waals surface area contributed by atoms with E-state index >= 15 is 0 Å². The number of halogens is 1. The standard InChI is InChI=1S/C21H20ClN3O/c1-15(16-7-3-2-4-8-16)25-20-13-17(11-12-23-20)21(26)24-14-18-9-5-6-10-19(18)22/h2-13,15H,14H2,1H3,(H,23,25)(H,24,26).